The minimum absolute atomic E-state index is 0.0945. The summed E-state index contributed by atoms with van der Waals surface area (Å²) < 4.78 is 5.72. The molecule has 0 fully saturated rings. The third kappa shape index (κ3) is 5.29. The van der Waals surface area contributed by atoms with Crippen LogP contribution in [0.2, 0.25) is 5.02 Å². The van der Waals surface area contributed by atoms with Crippen LogP contribution in [-0.4, -0.2) is 18.6 Å². The third-order valence-corrected chi connectivity index (χ3v) is 3.78. The van der Waals surface area contributed by atoms with Crippen molar-refractivity contribution in [2.75, 3.05) is 6.61 Å². The van der Waals surface area contributed by atoms with E-state index in [2.05, 4.69) is 31.3 Å². The van der Waals surface area contributed by atoms with Gasteiger partial charge in [-0.1, -0.05) is 37.6 Å². The predicted molar refractivity (Wildman–Crippen MR) is 94.4 cm³/mol. The molecule has 3 nitrogen and oxygen atoms in total. The van der Waals surface area contributed by atoms with Crippen LogP contribution in [0.4, 0.5) is 0 Å². The molecular weight excluding hydrogens is 310 g/mol. The zero-order chi connectivity index (χ0) is 16.8. The zero-order valence-electron chi connectivity index (χ0n) is 13.7. The first-order valence-corrected chi connectivity index (χ1v) is 8.12. The van der Waals surface area contributed by atoms with Crippen LogP contribution in [-0.2, 0) is 0 Å². The van der Waals surface area contributed by atoms with Crippen molar-refractivity contribution < 1.29 is 9.53 Å². The molecule has 2 aromatic carbocycles. The Balaban J connectivity index is 1.83. The van der Waals surface area contributed by atoms with E-state index < -0.39 is 0 Å². The first-order chi connectivity index (χ1) is 11.0. The van der Waals surface area contributed by atoms with Crippen molar-refractivity contribution in [2.45, 2.75) is 32.7 Å². The van der Waals surface area contributed by atoms with Crippen LogP contribution >= 0.6 is 11.6 Å². The lowest BCUT2D eigenvalue weighted by atomic mass is 10.0. The smallest absolute Gasteiger partial charge is 0.251 e. The van der Waals surface area contributed by atoms with Crippen molar-refractivity contribution in [1.29, 1.82) is 0 Å². The predicted octanol–water partition coefficient (Wildman–Crippen LogP) is 4.66. The molecule has 0 aromatic heterocycles. The first kappa shape index (κ1) is 17.4. The quantitative estimate of drug-likeness (QED) is 0.836. The fraction of sp³-hybridized carbons (Fsp3) is 0.316. The average molecular weight is 332 g/mol. The number of benzene rings is 2. The normalized spacial score (nSPS) is 12.0. The van der Waals surface area contributed by atoms with Gasteiger partial charge in [0.1, 0.15) is 12.4 Å². The van der Waals surface area contributed by atoms with Gasteiger partial charge < -0.3 is 10.1 Å². The number of halogens is 1. The van der Waals surface area contributed by atoms with Gasteiger partial charge in [-0.2, -0.15) is 0 Å². The standard InChI is InChI=1S/C19H22ClNO2/c1-13(2)15-6-10-18(11-7-15)23-12-14(3)21-19(22)16-4-8-17(20)9-5-16/h4-11,13-14H,12H2,1-3H3,(H,21,22)/t14-/m1/s1. The lowest BCUT2D eigenvalue weighted by Gasteiger charge is -2.15. The van der Waals surface area contributed by atoms with E-state index in [0.717, 1.165) is 5.75 Å². The van der Waals surface area contributed by atoms with Crippen LogP contribution in [0.1, 0.15) is 42.6 Å². The molecule has 0 saturated heterocycles. The molecule has 0 radical (unpaired) electrons. The number of carbonyl (C=O) groups is 1. The van der Waals surface area contributed by atoms with Gasteiger partial charge in [0.2, 0.25) is 0 Å². The Kier molecular flexibility index (Phi) is 6.05. The highest BCUT2D eigenvalue weighted by molar-refractivity contribution is 6.30. The van der Waals surface area contributed by atoms with Crippen molar-refractivity contribution in [1.82, 2.24) is 5.32 Å². The summed E-state index contributed by atoms with van der Waals surface area (Å²) in [6.07, 6.45) is 0. The van der Waals surface area contributed by atoms with Gasteiger partial charge >= 0.3 is 0 Å². The maximum Gasteiger partial charge on any atom is 0.251 e. The van der Waals surface area contributed by atoms with Gasteiger partial charge in [-0.15, -0.1) is 0 Å². The molecule has 1 amide bonds. The number of amides is 1. The Bertz CT molecular complexity index is 635. The van der Waals surface area contributed by atoms with Crippen LogP contribution in [0.25, 0.3) is 0 Å². The fourth-order valence-corrected chi connectivity index (χ4v) is 2.25. The molecule has 4 heteroatoms. The molecule has 23 heavy (non-hydrogen) atoms. The minimum atomic E-state index is -0.132. The molecular formula is C19H22ClNO2. The monoisotopic (exact) mass is 331 g/mol. The van der Waals surface area contributed by atoms with Crippen molar-refractivity contribution in [2.24, 2.45) is 0 Å². The molecule has 0 aliphatic heterocycles. The second kappa shape index (κ2) is 8.02. The Hall–Kier alpha value is -2.00. The van der Waals surface area contributed by atoms with Gasteiger partial charge in [0, 0.05) is 10.6 Å². The Morgan fingerprint density at radius 2 is 1.65 bits per heavy atom. The molecule has 2 aromatic rings. The third-order valence-electron chi connectivity index (χ3n) is 3.53. The second-order valence-corrected chi connectivity index (χ2v) is 6.35. The number of ether oxygens (including phenoxy) is 1. The number of hydrogen-bond acceptors (Lipinski definition) is 2. The molecule has 122 valence electrons. The lowest BCUT2D eigenvalue weighted by molar-refractivity contribution is 0.0926. The highest BCUT2D eigenvalue weighted by Gasteiger charge is 2.10. The zero-order valence-corrected chi connectivity index (χ0v) is 14.4. The van der Waals surface area contributed by atoms with Gasteiger partial charge in [0.25, 0.3) is 5.91 Å². The maximum absolute atomic E-state index is 12.1. The van der Waals surface area contributed by atoms with E-state index in [1.165, 1.54) is 5.56 Å². The summed E-state index contributed by atoms with van der Waals surface area (Å²) in [4.78, 5) is 12.1. The van der Waals surface area contributed by atoms with Crippen LogP contribution in [0, 0.1) is 0 Å². The molecule has 1 N–H and O–H groups in total. The van der Waals surface area contributed by atoms with Crippen LogP contribution in [0.5, 0.6) is 5.75 Å². The molecule has 0 spiro atoms. The molecule has 0 aliphatic carbocycles. The van der Waals surface area contributed by atoms with Crippen LogP contribution in [0.15, 0.2) is 48.5 Å². The first-order valence-electron chi connectivity index (χ1n) is 7.75. The van der Waals surface area contributed by atoms with Crippen LogP contribution in [0.3, 0.4) is 0 Å². The van der Waals surface area contributed by atoms with Gasteiger partial charge in [0.05, 0.1) is 6.04 Å². The fourth-order valence-electron chi connectivity index (χ4n) is 2.12. The maximum atomic E-state index is 12.1. The van der Waals surface area contributed by atoms with E-state index in [4.69, 9.17) is 16.3 Å². The summed E-state index contributed by atoms with van der Waals surface area (Å²) >= 11 is 5.82. The van der Waals surface area contributed by atoms with Crippen molar-refractivity contribution >= 4 is 17.5 Å². The molecule has 2 rings (SSSR count). The van der Waals surface area contributed by atoms with E-state index >= 15 is 0 Å². The molecule has 0 unspecified atom stereocenters. The second-order valence-electron chi connectivity index (χ2n) is 5.92. The summed E-state index contributed by atoms with van der Waals surface area (Å²) in [6, 6.07) is 14.8. The van der Waals surface area contributed by atoms with Gasteiger partial charge in [0.15, 0.2) is 0 Å². The highest BCUT2D eigenvalue weighted by atomic mass is 35.5. The number of hydrogen-bond donors (Lipinski definition) is 1. The van der Waals surface area contributed by atoms with Crippen molar-refractivity contribution in [3.8, 4) is 5.75 Å². The van der Waals surface area contributed by atoms with E-state index in [1.54, 1.807) is 24.3 Å². The summed E-state index contributed by atoms with van der Waals surface area (Å²) in [7, 11) is 0. The van der Waals surface area contributed by atoms with E-state index in [1.807, 2.05) is 19.1 Å². The van der Waals surface area contributed by atoms with Crippen molar-refractivity contribution in [3.63, 3.8) is 0 Å². The largest absolute Gasteiger partial charge is 0.491 e. The summed E-state index contributed by atoms with van der Waals surface area (Å²) in [6.45, 7) is 6.64. The van der Waals surface area contributed by atoms with Gasteiger partial charge in [-0.3, -0.25) is 4.79 Å². The molecule has 0 heterocycles. The summed E-state index contributed by atoms with van der Waals surface area (Å²) in [5.41, 5.74) is 1.86. The number of nitrogens with one attached hydrogen (secondary N) is 1. The molecule has 0 aliphatic rings. The van der Waals surface area contributed by atoms with Crippen LogP contribution < -0.4 is 10.1 Å². The van der Waals surface area contributed by atoms with Gasteiger partial charge in [-0.05, 0) is 54.8 Å². The van der Waals surface area contributed by atoms with Crippen molar-refractivity contribution in [3.05, 3.63) is 64.7 Å². The Morgan fingerprint density at radius 1 is 1.04 bits per heavy atom. The Morgan fingerprint density at radius 3 is 2.22 bits per heavy atom. The molecule has 0 bridgehead atoms. The number of carbonyl (C=O) groups excluding carboxylic acids is 1. The molecule has 1 atom stereocenters. The summed E-state index contributed by atoms with van der Waals surface area (Å²) in [5, 5.41) is 3.52. The SMILES string of the molecule is CC(C)c1ccc(OC[C@@H](C)NC(=O)c2ccc(Cl)cc2)cc1. The lowest BCUT2D eigenvalue weighted by Crippen LogP contribution is -2.36. The molecule has 0 saturated carbocycles. The van der Waals surface area contributed by atoms with Gasteiger partial charge in [-0.25, -0.2) is 0 Å². The Labute approximate surface area is 142 Å². The topological polar surface area (TPSA) is 38.3 Å². The minimum Gasteiger partial charge on any atom is -0.491 e. The van der Waals surface area contributed by atoms with E-state index in [0.29, 0.717) is 23.1 Å². The van der Waals surface area contributed by atoms with E-state index in [9.17, 15) is 4.79 Å². The van der Waals surface area contributed by atoms with E-state index in [-0.39, 0.29) is 11.9 Å². The highest BCUT2D eigenvalue weighted by Crippen LogP contribution is 2.18. The average Bonchev–Trinajstić information content (AvgIpc) is 2.54. The number of rotatable bonds is 6. The summed E-state index contributed by atoms with van der Waals surface area (Å²) in [5.74, 6) is 1.18.